The SMILES string of the molecule is CCCCCCCCC/C=C/C=C/CCCCCC(=O)OCC(COCCC(C(=O)O)[N+](C)(C)C)OC(=O)CCCCCCC/C=C/CCCCCCCCCCC. The number of carbonyl (C=O) groups is 3. The Bertz CT molecular complexity index is 1050. The van der Waals surface area contributed by atoms with E-state index in [0.717, 1.165) is 64.2 Å². The van der Waals surface area contributed by atoms with Crippen LogP contribution in [0.2, 0.25) is 0 Å². The number of hydrogen-bond acceptors (Lipinski definition) is 6. The van der Waals surface area contributed by atoms with Crippen LogP contribution in [0.1, 0.15) is 213 Å². The molecule has 0 saturated heterocycles. The fourth-order valence-corrected chi connectivity index (χ4v) is 7.02. The van der Waals surface area contributed by atoms with Crippen molar-refractivity contribution in [3.8, 4) is 0 Å². The molecule has 0 rings (SSSR count). The Hall–Kier alpha value is -2.45. The summed E-state index contributed by atoms with van der Waals surface area (Å²) in [6.45, 7) is 4.71. The first-order valence-electron chi connectivity index (χ1n) is 24.0. The fraction of sp³-hybridized carbons (Fsp3) is 0.820. The van der Waals surface area contributed by atoms with Gasteiger partial charge in [-0.3, -0.25) is 9.59 Å². The molecule has 0 bridgehead atoms. The number of esters is 2. The Kier molecular flexibility index (Phi) is 39.5. The molecule has 1 N–H and O–H groups in total. The maximum absolute atomic E-state index is 12.8. The summed E-state index contributed by atoms with van der Waals surface area (Å²) in [6, 6.07) is -0.619. The van der Waals surface area contributed by atoms with Crippen molar-refractivity contribution in [1.29, 1.82) is 0 Å². The molecule has 58 heavy (non-hydrogen) atoms. The summed E-state index contributed by atoms with van der Waals surface area (Å²) in [4.78, 5) is 37.0. The van der Waals surface area contributed by atoms with E-state index < -0.39 is 18.1 Å². The molecule has 0 spiro atoms. The minimum Gasteiger partial charge on any atom is -0.477 e. The topological polar surface area (TPSA) is 99.1 Å². The summed E-state index contributed by atoms with van der Waals surface area (Å²) in [7, 11) is 5.52. The predicted molar refractivity (Wildman–Crippen MR) is 243 cm³/mol. The summed E-state index contributed by atoms with van der Waals surface area (Å²) in [5, 5.41) is 9.63. The van der Waals surface area contributed by atoms with Crippen molar-refractivity contribution >= 4 is 17.9 Å². The summed E-state index contributed by atoms with van der Waals surface area (Å²) in [5.74, 6) is -1.51. The predicted octanol–water partition coefficient (Wildman–Crippen LogP) is 13.4. The number of unbranched alkanes of at least 4 members (excludes halogenated alkanes) is 24. The lowest BCUT2D eigenvalue weighted by Gasteiger charge is -2.31. The first-order valence-corrected chi connectivity index (χ1v) is 24.0. The van der Waals surface area contributed by atoms with Gasteiger partial charge in [-0.2, -0.15) is 0 Å². The Balaban J connectivity index is 4.35. The van der Waals surface area contributed by atoms with Crippen LogP contribution >= 0.6 is 0 Å². The Morgan fingerprint density at radius 3 is 1.36 bits per heavy atom. The largest absolute Gasteiger partial charge is 0.477 e. The highest BCUT2D eigenvalue weighted by Crippen LogP contribution is 2.14. The monoisotopic (exact) mass is 819 g/mol. The van der Waals surface area contributed by atoms with Crippen LogP contribution in [0.15, 0.2) is 36.5 Å². The van der Waals surface area contributed by atoms with E-state index >= 15 is 0 Å². The maximum atomic E-state index is 12.8. The van der Waals surface area contributed by atoms with Gasteiger partial charge in [0.15, 0.2) is 12.1 Å². The highest BCUT2D eigenvalue weighted by molar-refractivity contribution is 5.72. The third-order valence-electron chi connectivity index (χ3n) is 10.8. The van der Waals surface area contributed by atoms with Crippen LogP contribution in [0.3, 0.4) is 0 Å². The smallest absolute Gasteiger partial charge is 0.362 e. The van der Waals surface area contributed by atoms with E-state index in [9.17, 15) is 19.5 Å². The summed E-state index contributed by atoms with van der Waals surface area (Å²) in [5.41, 5.74) is 0. The van der Waals surface area contributed by atoms with Gasteiger partial charge in [0.1, 0.15) is 6.61 Å². The average Bonchev–Trinajstić information content (AvgIpc) is 3.18. The fourth-order valence-electron chi connectivity index (χ4n) is 7.02. The number of carboxylic acids is 1. The first-order chi connectivity index (χ1) is 28.1. The van der Waals surface area contributed by atoms with Crippen molar-refractivity contribution in [2.45, 2.75) is 225 Å². The number of allylic oxidation sites excluding steroid dienone is 6. The number of aliphatic carboxylic acids is 1. The molecule has 338 valence electrons. The number of hydrogen-bond donors (Lipinski definition) is 1. The standard InChI is InChI=1S/C50H91NO7/c1-6-8-10-12-14-16-18-20-22-24-25-27-29-31-33-35-37-39-41-49(53)58-46(44-56-43-42-47(50(54)55)51(3,4)5)45-57-48(52)40-38-36-34-32-30-28-26-23-21-19-17-15-13-11-9-7-2/h23,25-28,30,46-47H,6-22,24,29,31-45H2,1-5H3/p+1/b26-23+,27-25+,30-28+. The van der Waals surface area contributed by atoms with E-state index in [0.29, 0.717) is 19.3 Å². The molecule has 8 nitrogen and oxygen atoms in total. The molecule has 0 fully saturated rings. The number of likely N-dealkylation sites (N-methyl/N-ethyl adjacent to an activating group) is 1. The second-order valence-corrected chi connectivity index (χ2v) is 17.4. The van der Waals surface area contributed by atoms with Crippen LogP contribution in [-0.4, -0.2) is 80.6 Å². The summed E-state index contributed by atoms with van der Waals surface area (Å²) in [6.07, 6.45) is 47.6. The maximum Gasteiger partial charge on any atom is 0.362 e. The zero-order valence-corrected chi connectivity index (χ0v) is 38.5. The molecule has 0 radical (unpaired) electrons. The van der Waals surface area contributed by atoms with Crippen molar-refractivity contribution in [2.75, 3.05) is 41.0 Å². The molecular formula is C50H92NO7+. The Morgan fingerprint density at radius 1 is 0.517 bits per heavy atom. The number of rotatable bonds is 43. The van der Waals surface area contributed by atoms with Crippen molar-refractivity contribution in [3.05, 3.63) is 36.5 Å². The van der Waals surface area contributed by atoms with E-state index in [4.69, 9.17) is 14.2 Å². The molecule has 0 aromatic heterocycles. The minimum absolute atomic E-state index is 0.0506. The van der Waals surface area contributed by atoms with E-state index in [-0.39, 0.29) is 36.2 Å². The third-order valence-corrected chi connectivity index (χ3v) is 10.8. The van der Waals surface area contributed by atoms with Gasteiger partial charge in [-0.05, 0) is 64.2 Å². The van der Waals surface area contributed by atoms with E-state index in [2.05, 4.69) is 50.3 Å². The molecule has 0 aliphatic carbocycles. The molecule has 0 aliphatic rings. The molecule has 2 atom stereocenters. The number of quaternary nitrogens is 1. The number of ether oxygens (including phenoxy) is 3. The lowest BCUT2D eigenvalue weighted by atomic mass is 10.1. The number of carbonyl (C=O) groups excluding carboxylic acids is 2. The van der Waals surface area contributed by atoms with Crippen LogP contribution < -0.4 is 0 Å². The van der Waals surface area contributed by atoms with Crippen LogP contribution in [0, 0.1) is 0 Å². The molecular weight excluding hydrogens is 727 g/mol. The number of carboxylic acid groups (broad SMARTS) is 1. The molecule has 0 aromatic rings. The van der Waals surface area contributed by atoms with Gasteiger partial charge in [0.05, 0.1) is 34.4 Å². The third kappa shape index (κ3) is 39.0. The molecule has 2 unspecified atom stereocenters. The molecule has 0 saturated carbocycles. The zero-order valence-electron chi connectivity index (χ0n) is 38.5. The Morgan fingerprint density at radius 2 is 0.914 bits per heavy atom. The van der Waals surface area contributed by atoms with Crippen LogP contribution in [0.25, 0.3) is 0 Å². The molecule has 0 aliphatic heterocycles. The molecule has 0 heterocycles. The lowest BCUT2D eigenvalue weighted by molar-refractivity contribution is -0.887. The highest BCUT2D eigenvalue weighted by Gasteiger charge is 2.31. The van der Waals surface area contributed by atoms with Crippen LogP contribution in [0.5, 0.6) is 0 Å². The van der Waals surface area contributed by atoms with Gasteiger partial charge in [0, 0.05) is 19.3 Å². The van der Waals surface area contributed by atoms with E-state index in [1.54, 1.807) is 0 Å². The van der Waals surface area contributed by atoms with Crippen molar-refractivity contribution in [2.24, 2.45) is 0 Å². The lowest BCUT2D eigenvalue weighted by Crippen LogP contribution is -2.50. The van der Waals surface area contributed by atoms with Crippen LogP contribution in [-0.2, 0) is 28.6 Å². The van der Waals surface area contributed by atoms with Gasteiger partial charge in [0.2, 0.25) is 0 Å². The van der Waals surface area contributed by atoms with Gasteiger partial charge in [0.25, 0.3) is 0 Å². The normalized spacial score (nSPS) is 13.2. The molecule has 0 aromatic carbocycles. The summed E-state index contributed by atoms with van der Waals surface area (Å²) >= 11 is 0. The van der Waals surface area contributed by atoms with Gasteiger partial charge in [-0.25, -0.2) is 4.79 Å². The van der Waals surface area contributed by atoms with Gasteiger partial charge >= 0.3 is 17.9 Å². The highest BCUT2D eigenvalue weighted by atomic mass is 16.6. The number of nitrogens with zero attached hydrogens (tertiary/aromatic N) is 1. The van der Waals surface area contributed by atoms with Crippen molar-refractivity contribution in [1.82, 2.24) is 0 Å². The minimum atomic E-state index is -0.879. The Labute approximate surface area is 357 Å². The van der Waals surface area contributed by atoms with Crippen molar-refractivity contribution < 1.29 is 38.2 Å². The van der Waals surface area contributed by atoms with Gasteiger partial charge in [-0.15, -0.1) is 0 Å². The van der Waals surface area contributed by atoms with E-state index in [1.807, 2.05) is 21.1 Å². The summed E-state index contributed by atoms with van der Waals surface area (Å²) < 4.78 is 17.3. The second-order valence-electron chi connectivity index (χ2n) is 17.4. The van der Waals surface area contributed by atoms with E-state index in [1.165, 1.54) is 116 Å². The first kappa shape index (κ1) is 55.5. The average molecular weight is 819 g/mol. The second kappa shape index (κ2) is 41.3. The zero-order chi connectivity index (χ0) is 42.8. The molecule has 0 amide bonds. The van der Waals surface area contributed by atoms with Gasteiger partial charge < -0.3 is 23.8 Å². The van der Waals surface area contributed by atoms with Crippen LogP contribution in [0.4, 0.5) is 0 Å². The molecule has 8 heteroatoms. The van der Waals surface area contributed by atoms with Gasteiger partial charge in [-0.1, -0.05) is 166 Å². The quantitative estimate of drug-likeness (QED) is 0.0215. The van der Waals surface area contributed by atoms with Crippen molar-refractivity contribution in [3.63, 3.8) is 0 Å².